The van der Waals surface area contributed by atoms with E-state index in [2.05, 4.69) is 40.6 Å². The van der Waals surface area contributed by atoms with Crippen molar-refractivity contribution >= 4 is 5.91 Å². The van der Waals surface area contributed by atoms with Crippen molar-refractivity contribution in [2.45, 2.75) is 39.4 Å². The summed E-state index contributed by atoms with van der Waals surface area (Å²) in [6.07, 6.45) is 2.24. The molecule has 124 valence electrons. The molecule has 3 rings (SSSR count). The Labute approximate surface area is 135 Å². The second-order valence-electron chi connectivity index (χ2n) is 6.21. The molecule has 3 heterocycles. The summed E-state index contributed by atoms with van der Waals surface area (Å²) in [7, 11) is 2.08. The molecule has 0 saturated heterocycles. The lowest BCUT2D eigenvalue weighted by Gasteiger charge is -2.21. The highest BCUT2D eigenvalue weighted by atomic mass is 16.3. The zero-order valence-corrected chi connectivity index (χ0v) is 13.9. The van der Waals surface area contributed by atoms with Crippen LogP contribution in [0, 0.1) is 0 Å². The van der Waals surface area contributed by atoms with Gasteiger partial charge in [-0.05, 0) is 33.0 Å². The Morgan fingerprint density at radius 3 is 2.87 bits per heavy atom. The van der Waals surface area contributed by atoms with Crippen LogP contribution >= 0.6 is 0 Å². The van der Waals surface area contributed by atoms with Crippen molar-refractivity contribution in [3.05, 3.63) is 35.8 Å². The summed E-state index contributed by atoms with van der Waals surface area (Å²) in [4.78, 5) is 16.5. The molecule has 1 amide bonds. The lowest BCUT2D eigenvalue weighted by atomic mass is 10.3. The Kier molecular flexibility index (Phi) is 4.47. The Morgan fingerprint density at radius 2 is 2.17 bits per heavy atom. The van der Waals surface area contributed by atoms with Crippen LogP contribution in [0.3, 0.4) is 0 Å². The predicted molar refractivity (Wildman–Crippen MR) is 84.9 cm³/mol. The highest BCUT2D eigenvalue weighted by Crippen LogP contribution is 2.14. The summed E-state index contributed by atoms with van der Waals surface area (Å²) in [6.45, 7) is 7.07. The van der Waals surface area contributed by atoms with Crippen LogP contribution in [0.1, 0.15) is 36.1 Å². The second kappa shape index (κ2) is 6.54. The van der Waals surface area contributed by atoms with E-state index in [0.29, 0.717) is 31.3 Å². The monoisotopic (exact) mass is 317 g/mol. The molecular formula is C16H23N5O2. The van der Waals surface area contributed by atoms with Crippen LogP contribution in [-0.2, 0) is 19.5 Å². The minimum Gasteiger partial charge on any atom is -0.459 e. The Bertz CT molecular complexity index is 662. The van der Waals surface area contributed by atoms with Crippen LogP contribution in [-0.4, -0.2) is 56.7 Å². The summed E-state index contributed by atoms with van der Waals surface area (Å²) in [5, 5.41) is 8.64. The maximum atomic E-state index is 12.4. The normalized spacial score (nSPS) is 15.1. The fraction of sp³-hybridized carbons (Fsp3) is 0.562. The average molecular weight is 317 g/mol. The van der Waals surface area contributed by atoms with Crippen molar-refractivity contribution in [1.29, 1.82) is 0 Å². The summed E-state index contributed by atoms with van der Waals surface area (Å²) in [5.41, 5.74) is 0. The molecule has 0 atom stereocenters. The molecule has 1 aliphatic heterocycles. The quantitative estimate of drug-likeness (QED) is 0.853. The number of carbonyl (C=O) groups excluding carboxylic acids is 1. The summed E-state index contributed by atoms with van der Waals surface area (Å²) in [5.74, 6) is 2.24. The maximum Gasteiger partial charge on any atom is 0.289 e. The Hall–Kier alpha value is -2.15. The number of rotatable bonds is 4. The van der Waals surface area contributed by atoms with E-state index in [1.807, 2.05) is 4.90 Å². The van der Waals surface area contributed by atoms with E-state index in [9.17, 15) is 4.79 Å². The molecule has 0 N–H and O–H groups in total. The van der Waals surface area contributed by atoms with Crippen LogP contribution in [0.15, 0.2) is 22.8 Å². The molecule has 1 aliphatic rings. The largest absolute Gasteiger partial charge is 0.459 e. The lowest BCUT2D eigenvalue weighted by Crippen LogP contribution is -2.33. The van der Waals surface area contributed by atoms with Crippen molar-refractivity contribution < 1.29 is 9.21 Å². The number of nitrogens with zero attached hydrogens (tertiary/aromatic N) is 5. The smallest absolute Gasteiger partial charge is 0.289 e. The van der Waals surface area contributed by atoms with Gasteiger partial charge in [0.05, 0.1) is 12.8 Å². The van der Waals surface area contributed by atoms with Gasteiger partial charge in [0.25, 0.3) is 5.91 Å². The minimum absolute atomic E-state index is 0.0606. The summed E-state index contributed by atoms with van der Waals surface area (Å²) < 4.78 is 7.37. The highest BCUT2D eigenvalue weighted by molar-refractivity contribution is 5.91. The van der Waals surface area contributed by atoms with E-state index in [1.165, 1.54) is 6.26 Å². The average Bonchev–Trinajstić information content (AvgIpc) is 3.13. The van der Waals surface area contributed by atoms with Crippen LogP contribution in [0.25, 0.3) is 0 Å². The molecule has 0 aliphatic carbocycles. The fourth-order valence-electron chi connectivity index (χ4n) is 2.66. The summed E-state index contributed by atoms with van der Waals surface area (Å²) >= 11 is 0. The van der Waals surface area contributed by atoms with Gasteiger partial charge in [0.1, 0.15) is 11.6 Å². The standard InChI is InChI=1S/C16H23N5O2/c1-12(2)19(3)11-15-18-17-14-6-7-20(8-9-21(14)15)16(22)13-5-4-10-23-13/h4-5,10,12H,6-9,11H2,1-3H3. The van der Waals surface area contributed by atoms with E-state index in [1.54, 1.807) is 12.1 Å². The van der Waals surface area contributed by atoms with Gasteiger partial charge in [-0.15, -0.1) is 10.2 Å². The number of furan rings is 1. The molecule has 23 heavy (non-hydrogen) atoms. The number of aromatic nitrogens is 3. The first-order valence-electron chi connectivity index (χ1n) is 8.00. The SMILES string of the molecule is CC(C)N(C)Cc1nnc2n1CCN(C(=O)c1ccco1)CC2. The van der Waals surface area contributed by atoms with Crippen molar-refractivity contribution in [3.8, 4) is 0 Å². The van der Waals surface area contributed by atoms with Gasteiger partial charge < -0.3 is 13.9 Å². The zero-order valence-electron chi connectivity index (χ0n) is 13.9. The number of amides is 1. The molecule has 0 bridgehead atoms. The number of fused-ring (bicyclic) bond motifs is 1. The molecule has 0 unspecified atom stereocenters. The molecule has 0 fully saturated rings. The number of hydrogen-bond donors (Lipinski definition) is 0. The molecule has 2 aromatic heterocycles. The number of hydrogen-bond acceptors (Lipinski definition) is 5. The molecular weight excluding hydrogens is 294 g/mol. The van der Waals surface area contributed by atoms with Crippen LogP contribution < -0.4 is 0 Å². The topological polar surface area (TPSA) is 67.4 Å². The molecule has 0 radical (unpaired) electrons. The van der Waals surface area contributed by atoms with E-state index in [4.69, 9.17) is 4.42 Å². The van der Waals surface area contributed by atoms with Crippen molar-refractivity contribution in [2.75, 3.05) is 20.1 Å². The van der Waals surface area contributed by atoms with Gasteiger partial charge in [-0.2, -0.15) is 0 Å². The maximum absolute atomic E-state index is 12.4. The van der Waals surface area contributed by atoms with E-state index in [0.717, 1.165) is 24.7 Å². The van der Waals surface area contributed by atoms with Gasteiger partial charge in [0.2, 0.25) is 0 Å². The lowest BCUT2D eigenvalue weighted by molar-refractivity contribution is 0.0726. The molecule has 2 aromatic rings. The third-order valence-corrected chi connectivity index (χ3v) is 4.39. The predicted octanol–water partition coefficient (Wildman–Crippen LogP) is 1.41. The Balaban J connectivity index is 1.71. The first-order chi connectivity index (χ1) is 11.1. The summed E-state index contributed by atoms with van der Waals surface area (Å²) in [6, 6.07) is 3.89. The first-order valence-corrected chi connectivity index (χ1v) is 8.00. The van der Waals surface area contributed by atoms with Gasteiger partial charge in [-0.3, -0.25) is 9.69 Å². The molecule has 7 nitrogen and oxygen atoms in total. The molecule has 0 spiro atoms. The van der Waals surface area contributed by atoms with Crippen molar-refractivity contribution in [2.24, 2.45) is 0 Å². The molecule has 7 heteroatoms. The van der Waals surface area contributed by atoms with E-state index < -0.39 is 0 Å². The van der Waals surface area contributed by atoms with Crippen molar-refractivity contribution in [3.63, 3.8) is 0 Å². The Morgan fingerprint density at radius 1 is 1.35 bits per heavy atom. The van der Waals surface area contributed by atoms with Crippen molar-refractivity contribution in [1.82, 2.24) is 24.6 Å². The highest BCUT2D eigenvalue weighted by Gasteiger charge is 2.24. The molecule has 0 aromatic carbocycles. The van der Waals surface area contributed by atoms with Gasteiger partial charge in [0.15, 0.2) is 5.76 Å². The third kappa shape index (κ3) is 3.29. The van der Waals surface area contributed by atoms with Gasteiger partial charge >= 0.3 is 0 Å². The van der Waals surface area contributed by atoms with Crippen LogP contribution in [0.5, 0.6) is 0 Å². The minimum atomic E-state index is -0.0606. The fourth-order valence-corrected chi connectivity index (χ4v) is 2.66. The van der Waals surface area contributed by atoms with Gasteiger partial charge in [0, 0.05) is 32.1 Å². The molecule has 0 saturated carbocycles. The number of carbonyl (C=O) groups is 1. The van der Waals surface area contributed by atoms with Gasteiger partial charge in [-0.25, -0.2) is 0 Å². The first kappa shape index (κ1) is 15.7. The zero-order chi connectivity index (χ0) is 16.4. The van der Waals surface area contributed by atoms with Crippen LogP contribution in [0.4, 0.5) is 0 Å². The van der Waals surface area contributed by atoms with E-state index >= 15 is 0 Å². The third-order valence-electron chi connectivity index (χ3n) is 4.39. The van der Waals surface area contributed by atoms with Gasteiger partial charge in [-0.1, -0.05) is 0 Å². The van der Waals surface area contributed by atoms with E-state index in [-0.39, 0.29) is 5.91 Å². The second-order valence-corrected chi connectivity index (χ2v) is 6.21. The van der Waals surface area contributed by atoms with Crippen LogP contribution in [0.2, 0.25) is 0 Å².